The molecule has 0 aliphatic heterocycles. The molecular weight excluding hydrogens is 272 g/mol. The zero-order valence-electron chi connectivity index (χ0n) is 11.5. The summed E-state index contributed by atoms with van der Waals surface area (Å²) in [5, 5.41) is 18.0. The van der Waals surface area contributed by atoms with E-state index in [4.69, 9.17) is 15.9 Å². The van der Waals surface area contributed by atoms with Crippen LogP contribution in [0.25, 0.3) is 5.69 Å². The van der Waals surface area contributed by atoms with E-state index in [1.807, 2.05) is 13.0 Å². The molecule has 1 atom stereocenters. The zero-order valence-corrected chi connectivity index (χ0v) is 11.5. The number of nitrogens with two attached hydrogens (primary N) is 1. The molecule has 1 aromatic heterocycles. The van der Waals surface area contributed by atoms with E-state index in [-0.39, 0.29) is 12.1 Å². The molecule has 1 unspecified atom stereocenters. The molecule has 1 heterocycles. The largest absolute Gasteiger partial charge is 0.480 e. The van der Waals surface area contributed by atoms with E-state index >= 15 is 0 Å². The maximum absolute atomic E-state index is 11.1. The van der Waals surface area contributed by atoms with Crippen molar-refractivity contribution in [2.45, 2.75) is 19.4 Å². The fourth-order valence-corrected chi connectivity index (χ4v) is 2.16. The SMILES string of the molecule is Cc1cc(-n2cccc2C(=O)O)ccc1CC(N)C(=O)O. The average molecular weight is 288 g/mol. The average Bonchev–Trinajstić information content (AvgIpc) is 2.90. The van der Waals surface area contributed by atoms with E-state index in [1.165, 1.54) is 6.07 Å². The van der Waals surface area contributed by atoms with Crippen LogP contribution in [-0.4, -0.2) is 32.8 Å². The molecule has 0 radical (unpaired) electrons. The van der Waals surface area contributed by atoms with Crippen molar-refractivity contribution in [3.63, 3.8) is 0 Å². The Balaban J connectivity index is 2.33. The summed E-state index contributed by atoms with van der Waals surface area (Å²) in [6, 6.07) is 7.58. The summed E-state index contributed by atoms with van der Waals surface area (Å²) in [7, 11) is 0. The number of carboxylic acids is 2. The summed E-state index contributed by atoms with van der Waals surface area (Å²) in [6.45, 7) is 1.84. The highest BCUT2D eigenvalue weighted by Crippen LogP contribution is 2.18. The van der Waals surface area contributed by atoms with Crippen molar-refractivity contribution in [3.05, 3.63) is 53.3 Å². The Labute approximate surface area is 121 Å². The van der Waals surface area contributed by atoms with E-state index in [1.54, 1.807) is 29.0 Å². The fraction of sp³-hybridized carbons (Fsp3) is 0.200. The lowest BCUT2D eigenvalue weighted by molar-refractivity contribution is -0.138. The van der Waals surface area contributed by atoms with Crippen LogP contribution in [0.1, 0.15) is 21.6 Å². The lowest BCUT2D eigenvalue weighted by Gasteiger charge is -2.12. The second kappa shape index (κ2) is 5.80. The first-order valence-electron chi connectivity index (χ1n) is 6.39. The third-order valence-corrected chi connectivity index (χ3v) is 3.33. The summed E-state index contributed by atoms with van der Waals surface area (Å²) in [5.74, 6) is -2.05. The van der Waals surface area contributed by atoms with Crippen LogP contribution in [0, 0.1) is 6.92 Å². The van der Waals surface area contributed by atoms with Crippen LogP contribution in [0.5, 0.6) is 0 Å². The maximum atomic E-state index is 11.1. The molecule has 6 nitrogen and oxygen atoms in total. The first-order valence-corrected chi connectivity index (χ1v) is 6.39. The maximum Gasteiger partial charge on any atom is 0.352 e. The monoisotopic (exact) mass is 288 g/mol. The predicted molar refractivity (Wildman–Crippen MR) is 76.8 cm³/mol. The van der Waals surface area contributed by atoms with E-state index in [0.29, 0.717) is 5.69 Å². The number of aromatic carboxylic acids is 1. The van der Waals surface area contributed by atoms with Gasteiger partial charge in [-0.1, -0.05) is 6.07 Å². The second-order valence-electron chi connectivity index (χ2n) is 4.83. The van der Waals surface area contributed by atoms with Crippen LogP contribution in [0.4, 0.5) is 0 Å². The Morgan fingerprint density at radius 2 is 2.00 bits per heavy atom. The van der Waals surface area contributed by atoms with Crippen LogP contribution < -0.4 is 5.73 Å². The Morgan fingerprint density at radius 1 is 1.29 bits per heavy atom. The number of hydrogen-bond acceptors (Lipinski definition) is 3. The molecule has 1 aromatic carbocycles. The molecule has 0 saturated carbocycles. The smallest absolute Gasteiger partial charge is 0.352 e. The first-order chi connectivity index (χ1) is 9.90. The van der Waals surface area contributed by atoms with E-state index < -0.39 is 18.0 Å². The van der Waals surface area contributed by atoms with E-state index in [0.717, 1.165) is 11.1 Å². The van der Waals surface area contributed by atoms with Crippen molar-refractivity contribution in [2.75, 3.05) is 0 Å². The van der Waals surface area contributed by atoms with Crippen molar-refractivity contribution in [1.82, 2.24) is 4.57 Å². The third kappa shape index (κ3) is 3.11. The molecular formula is C15H16N2O4. The van der Waals surface area contributed by atoms with Gasteiger partial charge in [-0.05, 0) is 48.7 Å². The molecule has 0 aliphatic carbocycles. The molecule has 4 N–H and O–H groups in total. The molecule has 21 heavy (non-hydrogen) atoms. The van der Waals surface area contributed by atoms with Gasteiger partial charge in [0.1, 0.15) is 11.7 Å². The van der Waals surface area contributed by atoms with Crippen molar-refractivity contribution in [3.8, 4) is 5.69 Å². The lowest BCUT2D eigenvalue weighted by Crippen LogP contribution is -2.32. The number of hydrogen-bond donors (Lipinski definition) is 3. The molecule has 0 saturated heterocycles. The highest BCUT2D eigenvalue weighted by molar-refractivity contribution is 5.86. The summed E-state index contributed by atoms with van der Waals surface area (Å²) in [4.78, 5) is 21.9. The number of benzene rings is 1. The van der Waals surface area contributed by atoms with Crippen molar-refractivity contribution in [2.24, 2.45) is 5.73 Å². The second-order valence-corrected chi connectivity index (χ2v) is 4.83. The number of rotatable bonds is 5. The Bertz CT molecular complexity index is 691. The van der Waals surface area contributed by atoms with Gasteiger partial charge in [0.25, 0.3) is 0 Å². The van der Waals surface area contributed by atoms with Crippen molar-refractivity contribution in [1.29, 1.82) is 0 Å². The normalized spacial score (nSPS) is 12.1. The Hall–Kier alpha value is -2.60. The Morgan fingerprint density at radius 3 is 2.57 bits per heavy atom. The molecule has 2 aromatic rings. The van der Waals surface area contributed by atoms with Crippen LogP contribution in [0.3, 0.4) is 0 Å². The van der Waals surface area contributed by atoms with Gasteiger partial charge in [0.05, 0.1) is 0 Å². The van der Waals surface area contributed by atoms with E-state index in [9.17, 15) is 9.59 Å². The lowest BCUT2D eigenvalue weighted by atomic mass is 10.0. The highest BCUT2D eigenvalue weighted by atomic mass is 16.4. The molecule has 0 aliphatic rings. The van der Waals surface area contributed by atoms with Gasteiger partial charge in [-0.3, -0.25) is 4.79 Å². The summed E-state index contributed by atoms with van der Waals surface area (Å²) < 4.78 is 1.57. The van der Waals surface area contributed by atoms with Gasteiger partial charge in [0.2, 0.25) is 0 Å². The van der Waals surface area contributed by atoms with Crippen LogP contribution in [0.15, 0.2) is 36.5 Å². The van der Waals surface area contributed by atoms with Crippen molar-refractivity contribution >= 4 is 11.9 Å². The molecule has 6 heteroatoms. The molecule has 0 amide bonds. The van der Waals surface area contributed by atoms with Gasteiger partial charge in [0.15, 0.2) is 0 Å². The topological polar surface area (TPSA) is 106 Å². The van der Waals surface area contributed by atoms with Crippen LogP contribution >= 0.6 is 0 Å². The highest BCUT2D eigenvalue weighted by Gasteiger charge is 2.15. The van der Waals surface area contributed by atoms with Crippen LogP contribution in [0.2, 0.25) is 0 Å². The predicted octanol–water partition coefficient (Wildman–Crippen LogP) is 1.44. The molecule has 0 fully saturated rings. The third-order valence-electron chi connectivity index (χ3n) is 3.33. The number of aryl methyl sites for hydroxylation is 1. The summed E-state index contributed by atoms with van der Waals surface area (Å²) in [5.41, 5.74) is 8.11. The first kappa shape index (κ1) is 14.8. The molecule has 110 valence electrons. The van der Waals surface area contributed by atoms with Gasteiger partial charge in [0, 0.05) is 11.9 Å². The standard InChI is InChI=1S/C15H16N2O4/c1-9-7-11(17-6-2-3-13(17)15(20)21)5-4-10(9)8-12(16)14(18)19/h2-7,12H,8,16H2,1H3,(H,18,19)(H,20,21). The summed E-state index contributed by atoms with van der Waals surface area (Å²) >= 11 is 0. The van der Waals surface area contributed by atoms with Gasteiger partial charge in [-0.2, -0.15) is 0 Å². The van der Waals surface area contributed by atoms with Gasteiger partial charge in [-0.15, -0.1) is 0 Å². The number of carbonyl (C=O) groups is 2. The minimum atomic E-state index is -1.04. The molecule has 2 rings (SSSR count). The van der Waals surface area contributed by atoms with Gasteiger partial charge < -0.3 is 20.5 Å². The molecule has 0 spiro atoms. The van der Waals surface area contributed by atoms with Gasteiger partial charge in [-0.25, -0.2) is 4.79 Å². The summed E-state index contributed by atoms with van der Waals surface area (Å²) in [6.07, 6.45) is 1.90. The minimum Gasteiger partial charge on any atom is -0.480 e. The number of aliphatic carboxylic acids is 1. The van der Waals surface area contributed by atoms with E-state index in [2.05, 4.69) is 0 Å². The fourth-order valence-electron chi connectivity index (χ4n) is 2.16. The minimum absolute atomic E-state index is 0.171. The molecule has 0 bridgehead atoms. The van der Waals surface area contributed by atoms with Gasteiger partial charge >= 0.3 is 11.9 Å². The van der Waals surface area contributed by atoms with Crippen LogP contribution in [-0.2, 0) is 11.2 Å². The number of carboxylic acid groups (broad SMARTS) is 2. The zero-order chi connectivity index (χ0) is 15.6. The number of aromatic nitrogens is 1. The number of nitrogens with zero attached hydrogens (tertiary/aromatic N) is 1. The Kier molecular flexibility index (Phi) is 4.09. The quantitative estimate of drug-likeness (QED) is 0.772. The van der Waals surface area contributed by atoms with Crippen molar-refractivity contribution < 1.29 is 19.8 Å².